The Morgan fingerprint density at radius 1 is 1.12 bits per heavy atom. The minimum Gasteiger partial charge on any atom is -0.438 e. The van der Waals surface area contributed by atoms with Crippen LogP contribution in [0.3, 0.4) is 0 Å². The Labute approximate surface area is 111 Å². The molecule has 2 rings (SSSR count). The number of ether oxygens (including phenoxy) is 1. The van der Waals surface area contributed by atoms with Crippen LogP contribution in [0, 0.1) is 3.57 Å². The lowest BCUT2D eigenvalue weighted by Gasteiger charge is -2.03. The van der Waals surface area contributed by atoms with Crippen LogP contribution >= 0.6 is 22.6 Å². The highest BCUT2D eigenvalue weighted by Gasteiger charge is 2.04. The number of rotatable bonds is 3. The van der Waals surface area contributed by atoms with E-state index in [0.29, 0.717) is 11.6 Å². The predicted molar refractivity (Wildman–Crippen MR) is 69.8 cm³/mol. The molecule has 0 spiro atoms. The lowest BCUT2D eigenvalue weighted by molar-refractivity contribution is 0.0994. The molecule has 0 aliphatic heterocycles. The maximum atomic E-state index is 10.8. The van der Waals surface area contributed by atoms with Gasteiger partial charge < -0.3 is 10.5 Å². The molecule has 86 valence electrons. The van der Waals surface area contributed by atoms with E-state index in [0.717, 1.165) is 3.57 Å². The smallest absolute Gasteiger partial charge is 0.269 e. The zero-order valence-corrected chi connectivity index (χ0v) is 10.8. The van der Waals surface area contributed by atoms with Crippen LogP contribution in [0.5, 0.6) is 11.6 Å². The van der Waals surface area contributed by atoms with Gasteiger partial charge in [0.1, 0.15) is 5.75 Å². The standard InChI is InChI=1S/C11H8IN3O2/c12-7-1-3-8(4-2-7)17-10-6-5-9(11(13)16)14-15-10/h1-6H,(H2,13,16). The molecule has 1 aromatic heterocycles. The predicted octanol–water partition coefficient (Wildman–Crippen LogP) is 1.97. The maximum absolute atomic E-state index is 10.8. The summed E-state index contributed by atoms with van der Waals surface area (Å²) in [5.74, 6) is 0.362. The fourth-order valence-electron chi connectivity index (χ4n) is 1.13. The largest absolute Gasteiger partial charge is 0.438 e. The molecule has 0 saturated carbocycles. The number of hydrogen-bond acceptors (Lipinski definition) is 4. The normalized spacial score (nSPS) is 9.94. The number of halogens is 1. The van der Waals surface area contributed by atoms with Crippen LogP contribution in [0.2, 0.25) is 0 Å². The Kier molecular flexibility index (Phi) is 3.52. The van der Waals surface area contributed by atoms with Crippen molar-refractivity contribution in [2.45, 2.75) is 0 Å². The van der Waals surface area contributed by atoms with Gasteiger partial charge in [-0.05, 0) is 52.9 Å². The van der Waals surface area contributed by atoms with E-state index < -0.39 is 5.91 Å². The van der Waals surface area contributed by atoms with E-state index in [1.165, 1.54) is 6.07 Å². The minimum atomic E-state index is -0.613. The fourth-order valence-corrected chi connectivity index (χ4v) is 1.49. The Balaban J connectivity index is 2.13. The Morgan fingerprint density at radius 3 is 2.35 bits per heavy atom. The molecule has 0 aliphatic carbocycles. The summed E-state index contributed by atoms with van der Waals surface area (Å²) in [5.41, 5.74) is 5.16. The number of nitrogens with two attached hydrogens (primary N) is 1. The van der Waals surface area contributed by atoms with Crippen LogP contribution in [0.25, 0.3) is 0 Å². The molecule has 17 heavy (non-hydrogen) atoms. The SMILES string of the molecule is NC(=O)c1ccc(Oc2ccc(I)cc2)nn1. The molecule has 2 aromatic rings. The van der Waals surface area contributed by atoms with Gasteiger partial charge in [-0.15, -0.1) is 10.2 Å². The first-order valence-corrected chi connectivity index (χ1v) is 5.80. The molecule has 0 bridgehead atoms. The number of primary amides is 1. The van der Waals surface area contributed by atoms with Crippen LogP contribution in [0.4, 0.5) is 0 Å². The second-order valence-corrected chi connectivity index (χ2v) is 4.42. The Hall–Kier alpha value is -1.70. The molecular formula is C11H8IN3O2. The van der Waals surface area contributed by atoms with Gasteiger partial charge in [-0.25, -0.2) is 0 Å². The third kappa shape index (κ3) is 3.13. The number of carbonyl (C=O) groups is 1. The molecular weight excluding hydrogens is 333 g/mol. The van der Waals surface area contributed by atoms with Crippen LogP contribution in [-0.4, -0.2) is 16.1 Å². The molecule has 0 saturated heterocycles. The summed E-state index contributed by atoms with van der Waals surface area (Å²) in [6.07, 6.45) is 0. The molecule has 0 radical (unpaired) electrons. The zero-order valence-electron chi connectivity index (χ0n) is 8.63. The molecule has 1 aromatic carbocycles. The van der Waals surface area contributed by atoms with Crippen LogP contribution in [-0.2, 0) is 0 Å². The van der Waals surface area contributed by atoms with Gasteiger partial charge in [-0.3, -0.25) is 4.79 Å². The first-order valence-electron chi connectivity index (χ1n) is 4.72. The number of nitrogens with zero attached hydrogens (tertiary/aromatic N) is 2. The van der Waals surface area contributed by atoms with Gasteiger partial charge in [0.25, 0.3) is 5.91 Å². The van der Waals surface area contributed by atoms with Crippen LogP contribution in [0.15, 0.2) is 36.4 Å². The first-order chi connectivity index (χ1) is 8.15. The second-order valence-electron chi connectivity index (χ2n) is 3.18. The van der Waals surface area contributed by atoms with E-state index in [1.807, 2.05) is 24.3 Å². The van der Waals surface area contributed by atoms with Crippen molar-refractivity contribution in [2.75, 3.05) is 0 Å². The van der Waals surface area contributed by atoms with Crippen molar-refractivity contribution >= 4 is 28.5 Å². The third-order valence-corrected chi connectivity index (χ3v) is 2.65. The third-order valence-electron chi connectivity index (χ3n) is 1.93. The summed E-state index contributed by atoms with van der Waals surface area (Å²) in [6.45, 7) is 0. The molecule has 0 aliphatic rings. The highest BCUT2D eigenvalue weighted by atomic mass is 127. The summed E-state index contributed by atoms with van der Waals surface area (Å²) in [7, 11) is 0. The number of hydrogen-bond donors (Lipinski definition) is 1. The van der Waals surface area contributed by atoms with Crippen molar-refractivity contribution in [1.82, 2.24) is 10.2 Å². The van der Waals surface area contributed by atoms with E-state index in [1.54, 1.807) is 6.07 Å². The van der Waals surface area contributed by atoms with Crippen LogP contribution < -0.4 is 10.5 Å². The molecule has 5 nitrogen and oxygen atoms in total. The van der Waals surface area contributed by atoms with Crippen molar-refractivity contribution in [3.05, 3.63) is 45.7 Å². The molecule has 0 atom stereocenters. The fraction of sp³-hybridized carbons (Fsp3) is 0. The highest BCUT2D eigenvalue weighted by Crippen LogP contribution is 2.19. The van der Waals surface area contributed by atoms with E-state index in [9.17, 15) is 4.79 Å². The quantitative estimate of drug-likeness (QED) is 0.866. The van der Waals surface area contributed by atoms with Crippen LogP contribution in [0.1, 0.15) is 10.5 Å². The molecule has 0 fully saturated rings. The average molecular weight is 341 g/mol. The number of amides is 1. The van der Waals surface area contributed by atoms with E-state index in [2.05, 4.69) is 32.8 Å². The van der Waals surface area contributed by atoms with E-state index in [4.69, 9.17) is 10.5 Å². The summed E-state index contributed by atoms with van der Waals surface area (Å²) >= 11 is 2.20. The average Bonchev–Trinajstić information content (AvgIpc) is 2.33. The molecule has 1 heterocycles. The van der Waals surface area contributed by atoms with Crippen molar-refractivity contribution in [1.29, 1.82) is 0 Å². The first kappa shape index (κ1) is 11.8. The van der Waals surface area contributed by atoms with Gasteiger partial charge in [-0.2, -0.15) is 0 Å². The van der Waals surface area contributed by atoms with E-state index >= 15 is 0 Å². The summed E-state index contributed by atoms with van der Waals surface area (Å²) in [5, 5.41) is 7.38. The number of benzene rings is 1. The molecule has 1 amide bonds. The van der Waals surface area contributed by atoms with Crippen molar-refractivity contribution in [3.63, 3.8) is 0 Å². The monoisotopic (exact) mass is 341 g/mol. The van der Waals surface area contributed by atoms with Gasteiger partial charge in [0, 0.05) is 9.64 Å². The maximum Gasteiger partial charge on any atom is 0.269 e. The van der Waals surface area contributed by atoms with Gasteiger partial charge in [0.2, 0.25) is 5.88 Å². The lowest BCUT2D eigenvalue weighted by atomic mass is 10.3. The summed E-state index contributed by atoms with van der Waals surface area (Å²) in [4.78, 5) is 10.8. The van der Waals surface area contributed by atoms with Crippen molar-refractivity contribution < 1.29 is 9.53 Å². The van der Waals surface area contributed by atoms with Crippen molar-refractivity contribution in [3.8, 4) is 11.6 Å². The molecule has 6 heteroatoms. The number of aromatic nitrogens is 2. The van der Waals surface area contributed by atoms with Gasteiger partial charge >= 0.3 is 0 Å². The second kappa shape index (κ2) is 5.09. The molecule has 2 N–H and O–H groups in total. The lowest BCUT2D eigenvalue weighted by Crippen LogP contribution is -2.13. The summed E-state index contributed by atoms with van der Waals surface area (Å²) < 4.78 is 6.55. The Bertz CT molecular complexity index is 525. The van der Waals surface area contributed by atoms with E-state index in [-0.39, 0.29) is 5.69 Å². The summed E-state index contributed by atoms with van der Waals surface area (Å²) in [6, 6.07) is 10.5. The van der Waals surface area contributed by atoms with Gasteiger partial charge in [-0.1, -0.05) is 0 Å². The Morgan fingerprint density at radius 2 is 1.82 bits per heavy atom. The zero-order chi connectivity index (χ0) is 12.3. The molecule has 0 unspecified atom stereocenters. The highest BCUT2D eigenvalue weighted by molar-refractivity contribution is 14.1. The number of carbonyl (C=O) groups excluding carboxylic acids is 1. The van der Waals surface area contributed by atoms with Gasteiger partial charge in [0.15, 0.2) is 5.69 Å². The topological polar surface area (TPSA) is 78.1 Å². The minimum absolute atomic E-state index is 0.111. The van der Waals surface area contributed by atoms with Gasteiger partial charge in [0.05, 0.1) is 0 Å². The van der Waals surface area contributed by atoms with Crippen molar-refractivity contribution in [2.24, 2.45) is 5.73 Å².